The summed E-state index contributed by atoms with van der Waals surface area (Å²) < 4.78 is 0. The van der Waals surface area contributed by atoms with Crippen LogP contribution in [0, 0.1) is 45.3 Å². The van der Waals surface area contributed by atoms with Gasteiger partial charge in [0.05, 0.1) is 45.8 Å². The molecule has 0 aliphatic carbocycles. The van der Waals surface area contributed by atoms with Crippen LogP contribution in [-0.4, -0.2) is 14.9 Å². The third-order valence-corrected chi connectivity index (χ3v) is 12.3. The minimum Gasteiger partial charge on any atom is -0.374 e. The number of nitrogens with zero attached hydrogens (tertiary/aromatic N) is 5. The first-order valence-electron chi connectivity index (χ1n) is 13.1. The van der Waals surface area contributed by atoms with E-state index in [-0.39, 0.29) is 6.85 Å². The average Bonchev–Trinajstić information content (AvgIpc) is 2.97. The lowest BCUT2D eigenvalue weighted by Crippen LogP contribution is -2.77. The molecular weight excluding hydrogens is 505 g/mol. The van der Waals surface area contributed by atoms with E-state index in [4.69, 9.17) is 0 Å². The fraction of sp³-hybridized carbons (Fsp3) is 0.152. The number of benzene rings is 4. The van der Waals surface area contributed by atoms with Crippen LogP contribution in [0.2, 0.25) is 13.1 Å². The number of fused-ring (bicyclic) bond motifs is 4. The van der Waals surface area contributed by atoms with Crippen LogP contribution in [-0.2, 0) is 5.41 Å². The first-order chi connectivity index (χ1) is 19.2. The highest BCUT2D eigenvalue weighted by Crippen LogP contribution is 2.52. The molecule has 40 heavy (non-hydrogen) atoms. The zero-order valence-corrected chi connectivity index (χ0v) is 23.7. The molecule has 188 valence electrons. The molecule has 4 aromatic carbocycles. The summed E-state index contributed by atoms with van der Waals surface area (Å²) >= 11 is 0. The number of hydrogen-bond acceptors (Lipinski definition) is 5. The van der Waals surface area contributed by atoms with E-state index >= 15 is 0 Å². The molecule has 0 spiro atoms. The highest BCUT2D eigenvalue weighted by atomic mass is 28.3. The van der Waals surface area contributed by atoms with E-state index in [1.165, 1.54) is 10.4 Å². The molecule has 0 saturated carbocycles. The van der Waals surface area contributed by atoms with Crippen molar-refractivity contribution in [2.24, 2.45) is 0 Å². The van der Waals surface area contributed by atoms with E-state index in [1.54, 1.807) is 12.1 Å². The maximum absolute atomic E-state index is 10.4. The molecule has 0 aromatic heterocycles. The summed E-state index contributed by atoms with van der Waals surface area (Å²) in [5, 5.41) is 43.2. The molecule has 0 N–H and O–H groups in total. The van der Waals surface area contributed by atoms with E-state index in [0.717, 1.165) is 22.1 Å². The molecule has 2 aliphatic heterocycles. The van der Waals surface area contributed by atoms with Gasteiger partial charge in [-0.2, -0.15) is 21.0 Å². The fourth-order valence-corrected chi connectivity index (χ4v) is 9.95. The lowest BCUT2D eigenvalue weighted by Gasteiger charge is -2.48. The number of anilines is 2. The first kappa shape index (κ1) is 25.2. The second-order valence-electron chi connectivity index (χ2n) is 11.5. The van der Waals surface area contributed by atoms with Crippen molar-refractivity contribution >= 4 is 47.6 Å². The zero-order chi connectivity index (χ0) is 28.4. The van der Waals surface area contributed by atoms with E-state index < -0.39 is 13.5 Å². The van der Waals surface area contributed by atoms with E-state index in [1.807, 2.05) is 38.1 Å². The number of rotatable bonds is 1. The van der Waals surface area contributed by atoms with Crippen molar-refractivity contribution in [3.63, 3.8) is 0 Å². The molecule has 0 bridgehead atoms. The van der Waals surface area contributed by atoms with E-state index in [0.29, 0.717) is 33.6 Å². The zero-order valence-electron chi connectivity index (χ0n) is 22.7. The van der Waals surface area contributed by atoms with Gasteiger partial charge in [0.1, 0.15) is 20.2 Å². The number of hydrogen-bond donors (Lipinski definition) is 0. The van der Waals surface area contributed by atoms with Gasteiger partial charge in [-0.15, -0.1) is 0 Å². The summed E-state index contributed by atoms with van der Waals surface area (Å²) in [7, 11) is -2.06. The van der Waals surface area contributed by atoms with Crippen LogP contribution in [0.25, 0.3) is 0 Å². The van der Waals surface area contributed by atoms with Crippen molar-refractivity contribution in [2.45, 2.75) is 32.4 Å². The van der Waals surface area contributed by atoms with Crippen molar-refractivity contribution in [3.8, 4) is 24.3 Å². The second-order valence-corrected chi connectivity index (χ2v) is 15.8. The molecule has 0 unspecified atom stereocenters. The molecule has 0 saturated heterocycles. The molecule has 2 aliphatic rings. The van der Waals surface area contributed by atoms with Crippen molar-refractivity contribution in [2.75, 3.05) is 4.81 Å². The van der Waals surface area contributed by atoms with Crippen LogP contribution in [0.5, 0.6) is 0 Å². The van der Waals surface area contributed by atoms with Crippen LogP contribution >= 0.6 is 0 Å². The standard InChI is InChI=1S/C33H24BN5Si/c1-33(2)25-15-21(17-35)13-23(19-37)31(25)39(32-24(20-38)14-22(18-36)16-26(32)33)34-27-9-5-7-11-29(27)40(3,4)30-12-8-6-10-28(30)34/h5-16H,1-4H3. The highest BCUT2D eigenvalue weighted by Gasteiger charge is 2.49. The molecule has 5 nitrogen and oxygen atoms in total. The first-order valence-corrected chi connectivity index (χ1v) is 16.1. The predicted molar refractivity (Wildman–Crippen MR) is 161 cm³/mol. The second kappa shape index (κ2) is 8.72. The van der Waals surface area contributed by atoms with Gasteiger partial charge in [-0.3, -0.25) is 0 Å². The van der Waals surface area contributed by atoms with Gasteiger partial charge in [-0.1, -0.05) is 96.8 Å². The van der Waals surface area contributed by atoms with Crippen molar-refractivity contribution in [1.29, 1.82) is 21.0 Å². The Morgan fingerprint density at radius 2 is 1.07 bits per heavy atom. The van der Waals surface area contributed by atoms with Gasteiger partial charge in [-0.05, 0) is 35.4 Å². The molecular formula is C33H24BN5Si. The summed E-state index contributed by atoms with van der Waals surface area (Å²) in [5.41, 5.74) is 6.26. The highest BCUT2D eigenvalue weighted by molar-refractivity contribution is 7.12. The third kappa shape index (κ3) is 3.29. The number of nitriles is 4. The predicted octanol–water partition coefficient (Wildman–Crippen LogP) is 3.89. The van der Waals surface area contributed by atoms with E-state index in [2.05, 4.69) is 78.6 Å². The quantitative estimate of drug-likeness (QED) is 0.349. The summed E-state index contributed by atoms with van der Waals surface area (Å²) in [4.78, 5) is 2.15. The Balaban J connectivity index is 1.82. The molecule has 4 aromatic rings. The Labute approximate surface area is 235 Å². The van der Waals surface area contributed by atoms with Gasteiger partial charge in [-0.25, -0.2) is 0 Å². The Morgan fingerprint density at radius 3 is 1.48 bits per heavy atom. The minimum atomic E-state index is -2.06. The monoisotopic (exact) mass is 529 g/mol. The average molecular weight is 529 g/mol. The van der Waals surface area contributed by atoms with Crippen molar-refractivity contribution in [1.82, 2.24) is 0 Å². The smallest absolute Gasteiger partial charge is 0.328 e. The van der Waals surface area contributed by atoms with Crippen molar-refractivity contribution < 1.29 is 0 Å². The molecule has 2 heterocycles. The Morgan fingerprint density at radius 1 is 0.650 bits per heavy atom. The Hall–Kier alpha value is -5.08. The minimum absolute atomic E-state index is 0.318. The third-order valence-electron chi connectivity index (χ3n) is 8.66. The van der Waals surface area contributed by atoms with Crippen LogP contribution in [0.15, 0.2) is 72.8 Å². The molecule has 0 radical (unpaired) electrons. The topological polar surface area (TPSA) is 98.4 Å². The van der Waals surface area contributed by atoms with Gasteiger partial charge in [0.2, 0.25) is 0 Å². The molecule has 6 rings (SSSR count). The van der Waals surface area contributed by atoms with Crippen LogP contribution in [0.1, 0.15) is 47.2 Å². The van der Waals surface area contributed by atoms with Crippen molar-refractivity contribution in [3.05, 3.63) is 106 Å². The lowest BCUT2D eigenvalue weighted by molar-refractivity contribution is 0.632. The maximum atomic E-state index is 10.4. The summed E-state index contributed by atoms with van der Waals surface area (Å²) in [6.07, 6.45) is 0. The summed E-state index contributed by atoms with van der Waals surface area (Å²) in [6.45, 7) is 8.47. The fourth-order valence-electron chi connectivity index (χ4n) is 6.76. The van der Waals surface area contributed by atoms with E-state index in [9.17, 15) is 21.0 Å². The summed E-state index contributed by atoms with van der Waals surface area (Å²) in [6, 6.07) is 33.2. The normalized spacial score (nSPS) is 15.2. The summed E-state index contributed by atoms with van der Waals surface area (Å²) in [5.74, 6) is 0. The van der Waals surface area contributed by atoms with Gasteiger partial charge < -0.3 is 4.81 Å². The maximum Gasteiger partial charge on any atom is 0.328 e. The Bertz CT molecular complexity index is 1800. The molecule has 0 amide bonds. The van der Waals surface area contributed by atoms with Gasteiger partial charge in [0, 0.05) is 5.41 Å². The van der Waals surface area contributed by atoms with Crippen LogP contribution < -0.4 is 26.1 Å². The Kier molecular flexibility index (Phi) is 5.50. The largest absolute Gasteiger partial charge is 0.374 e. The SMILES string of the molecule is CC1(C)c2cc(C#N)cc(C#N)c2N(B2c3ccccc3[Si](C)(C)c3ccccc32)c2c(C#N)cc(C#N)cc21. The molecule has 0 atom stereocenters. The van der Waals surface area contributed by atoms with Gasteiger partial charge in [0.15, 0.2) is 0 Å². The van der Waals surface area contributed by atoms with Gasteiger partial charge >= 0.3 is 6.85 Å². The lowest BCUT2D eigenvalue weighted by atomic mass is 9.47. The van der Waals surface area contributed by atoms with Gasteiger partial charge in [0.25, 0.3) is 0 Å². The molecule has 0 fully saturated rings. The van der Waals surface area contributed by atoms with Crippen LogP contribution in [0.4, 0.5) is 11.4 Å². The van der Waals surface area contributed by atoms with Crippen LogP contribution in [0.3, 0.4) is 0 Å². The molecule has 7 heteroatoms.